The lowest BCUT2D eigenvalue weighted by atomic mass is 9.95. The van der Waals surface area contributed by atoms with Gasteiger partial charge >= 0.3 is 5.97 Å². The number of hydrogen-bond donors (Lipinski definition) is 1. The Balaban J connectivity index is 2.03. The minimum absolute atomic E-state index is 0.0174. The van der Waals surface area contributed by atoms with E-state index in [1.54, 1.807) is 12.0 Å². The highest BCUT2D eigenvalue weighted by atomic mass is 19.1. The molecule has 120 valence electrons. The minimum atomic E-state index is -1.32. The van der Waals surface area contributed by atoms with Crippen LogP contribution in [-0.2, 0) is 16.0 Å². The molecule has 2 atom stereocenters. The summed E-state index contributed by atoms with van der Waals surface area (Å²) < 4.78 is 19.0. The van der Waals surface area contributed by atoms with Gasteiger partial charge < -0.3 is 14.7 Å². The monoisotopic (exact) mass is 309 g/mol. The fourth-order valence-corrected chi connectivity index (χ4v) is 2.70. The van der Waals surface area contributed by atoms with Crippen molar-refractivity contribution in [3.8, 4) is 0 Å². The summed E-state index contributed by atoms with van der Waals surface area (Å²) in [5.41, 5.74) is 0.0857. The number of piperidine rings is 1. The SMILES string of the molecule is CO[C@@H]1CN(C(=O)Cc2ccc(C(=O)O)c(F)c2)CC[C@H]1C. The molecule has 5 nitrogen and oxygen atoms in total. The van der Waals surface area contributed by atoms with Gasteiger partial charge in [-0.05, 0) is 30.0 Å². The summed E-state index contributed by atoms with van der Waals surface area (Å²) in [7, 11) is 1.63. The average Bonchev–Trinajstić information content (AvgIpc) is 2.47. The smallest absolute Gasteiger partial charge is 0.338 e. The van der Waals surface area contributed by atoms with E-state index in [1.165, 1.54) is 12.1 Å². The first kappa shape index (κ1) is 16.4. The van der Waals surface area contributed by atoms with Crippen molar-refractivity contribution in [2.75, 3.05) is 20.2 Å². The van der Waals surface area contributed by atoms with Crippen LogP contribution in [-0.4, -0.2) is 48.2 Å². The minimum Gasteiger partial charge on any atom is -0.478 e. The highest BCUT2D eigenvalue weighted by Crippen LogP contribution is 2.20. The van der Waals surface area contributed by atoms with Crippen molar-refractivity contribution in [3.63, 3.8) is 0 Å². The molecular weight excluding hydrogens is 289 g/mol. The molecule has 1 amide bonds. The van der Waals surface area contributed by atoms with Crippen LogP contribution in [0, 0.1) is 11.7 Å². The largest absolute Gasteiger partial charge is 0.478 e. The van der Waals surface area contributed by atoms with Gasteiger partial charge in [-0.3, -0.25) is 4.79 Å². The van der Waals surface area contributed by atoms with Crippen molar-refractivity contribution in [1.82, 2.24) is 4.90 Å². The second-order valence-corrected chi connectivity index (χ2v) is 5.68. The lowest BCUT2D eigenvalue weighted by Crippen LogP contribution is -2.47. The number of likely N-dealkylation sites (tertiary alicyclic amines) is 1. The van der Waals surface area contributed by atoms with E-state index < -0.39 is 11.8 Å². The van der Waals surface area contributed by atoms with Gasteiger partial charge in [-0.25, -0.2) is 9.18 Å². The number of aromatic carboxylic acids is 1. The number of carboxylic acid groups (broad SMARTS) is 1. The van der Waals surface area contributed by atoms with Gasteiger partial charge in [0.2, 0.25) is 5.91 Å². The van der Waals surface area contributed by atoms with E-state index in [2.05, 4.69) is 6.92 Å². The van der Waals surface area contributed by atoms with Crippen LogP contribution >= 0.6 is 0 Å². The maximum Gasteiger partial charge on any atom is 0.338 e. The molecule has 1 fully saturated rings. The number of halogens is 1. The van der Waals surface area contributed by atoms with E-state index in [1.807, 2.05) is 0 Å². The van der Waals surface area contributed by atoms with E-state index >= 15 is 0 Å². The van der Waals surface area contributed by atoms with Crippen LogP contribution in [0.2, 0.25) is 0 Å². The molecule has 2 rings (SSSR count). The Morgan fingerprint density at radius 2 is 2.18 bits per heavy atom. The van der Waals surface area contributed by atoms with Crippen molar-refractivity contribution < 1.29 is 23.8 Å². The first-order valence-electron chi connectivity index (χ1n) is 7.24. The maximum atomic E-state index is 13.6. The van der Waals surface area contributed by atoms with Gasteiger partial charge in [-0.15, -0.1) is 0 Å². The van der Waals surface area contributed by atoms with Crippen LogP contribution in [0.4, 0.5) is 4.39 Å². The molecule has 1 aliphatic rings. The first-order chi connectivity index (χ1) is 10.4. The summed E-state index contributed by atoms with van der Waals surface area (Å²) in [4.78, 5) is 24.8. The molecule has 0 saturated carbocycles. The van der Waals surface area contributed by atoms with Crippen LogP contribution in [0.5, 0.6) is 0 Å². The lowest BCUT2D eigenvalue weighted by molar-refractivity contribution is -0.135. The van der Waals surface area contributed by atoms with Gasteiger partial charge in [0.15, 0.2) is 0 Å². The predicted molar refractivity (Wildman–Crippen MR) is 78.2 cm³/mol. The molecule has 22 heavy (non-hydrogen) atoms. The van der Waals surface area contributed by atoms with Crippen LogP contribution in [0.15, 0.2) is 18.2 Å². The Bertz CT molecular complexity index is 575. The topological polar surface area (TPSA) is 66.8 Å². The number of ether oxygens (including phenoxy) is 1. The molecule has 1 aromatic rings. The number of hydrogen-bond acceptors (Lipinski definition) is 3. The van der Waals surface area contributed by atoms with E-state index in [4.69, 9.17) is 9.84 Å². The molecule has 1 aromatic carbocycles. The van der Waals surface area contributed by atoms with Crippen LogP contribution in [0.3, 0.4) is 0 Å². The summed E-state index contributed by atoms with van der Waals surface area (Å²) in [6.45, 7) is 3.29. The van der Waals surface area contributed by atoms with Gasteiger partial charge in [0.25, 0.3) is 0 Å². The van der Waals surface area contributed by atoms with Gasteiger partial charge in [0.1, 0.15) is 5.82 Å². The second-order valence-electron chi connectivity index (χ2n) is 5.68. The van der Waals surface area contributed by atoms with E-state index in [-0.39, 0.29) is 24.0 Å². The molecule has 1 aliphatic heterocycles. The van der Waals surface area contributed by atoms with Crippen molar-refractivity contribution in [1.29, 1.82) is 0 Å². The molecule has 0 unspecified atom stereocenters. The normalized spacial score (nSPS) is 21.7. The van der Waals surface area contributed by atoms with Crippen LogP contribution in [0.1, 0.15) is 29.3 Å². The molecular formula is C16H20FNO4. The standard InChI is InChI=1S/C16H20FNO4/c1-10-5-6-18(9-14(10)22-2)15(19)8-11-3-4-12(16(20)21)13(17)7-11/h3-4,7,10,14H,5-6,8-9H2,1-2H3,(H,20,21)/t10-,14-/m1/s1. The summed E-state index contributed by atoms with van der Waals surface area (Å²) in [6.07, 6.45) is 0.946. The van der Waals surface area contributed by atoms with Crippen molar-refractivity contribution in [2.45, 2.75) is 25.9 Å². The molecule has 0 aromatic heterocycles. The average molecular weight is 309 g/mol. The number of methoxy groups -OCH3 is 1. The van der Waals surface area contributed by atoms with E-state index in [0.29, 0.717) is 24.6 Å². The molecule has 1 saturated heterocycles. The van der Waals surface area contributed by atoms with Gasteiger partial charge in [-0.2, -0.15) is 0 Å². The molecule has 1 heterocycles. The number of benzene rings is 1. The fourth-order valence-electron chi connectivity index (χ4n) is 2.70. The highest BCUT2D eigenvalue weighted by molar-refractivity contribution is 5.88. The predicted octanol–water partition coefficient (Wildman–Crippen LogP) is 1.95. The molecule has 0 aliphatic carbocycles. The number of carbonyl (C=O) groups is 2. The Kier molecular flexibility index (Phi) is 5.13. The highest BCUT2D eigenvalue weighted by Gasteiger charge is 2.28. The third kappa shape index (κ3) is 3.62. The third-order valence-corrected chi connectivity index (χ3v) is 4.16. The molecule has 0 radical (unpaired) electrons. The van der Waals surface area contributed by atoms with Gasteiger partial charge in [0, 0.05) is 20.2 Å². The molecule has 6 heteroatoms. The molecule has 0 spiro atoms. The number of carbonyl (C=O) groups excluding carboxylic acids is 1. The Morgan fingerprint density at radius 1 is 1.45 bits per heavy atom. The number of nitrogens with zero attached hydrogens (tertiary/aromatic N) is 1. The molecule has 1 N–H and O–H groups in total. The second kappa shape index (κ2) is 6.87. The Labute approximate surface area is 128 Å². The van der Waals surface area contributed by atoms with Crippen molar-refractivity contribution >= 4 is 11.9 Å². The maximum absolute atomic E-state index is 13.6. The number of carboxylic acids is 1. The fraction of sp³-hybridized carbons (Fsp3) is 0.500. The zero-order valence-corrected chi connectivity index (χ0v) is 12.7. The summed E-state index contributed by atoms with van der Waals surface area (Å²) >= 11 is 0. The van der Waals surface area contributed by atoms with Crippen LogP contribution < -0.4 is 0 Å². The quantitative estimate of drug-likeness (QED) is 0.923. The molecule has 0 bridgehead atoms. The zero-order valence-electron chi connectivity index (χ0n) is 12.7. The van der Waals surface area contributed by atoms with Gasteiger partial charge in [0.05, 0.1) is 18.1 Å². The third-order valence-electron chi connectivity index (χ3n) is 4.16. The van der Waals surface area contributed by atoms with Crippen LogP contribution in [0.25, 0.3) is 0 Å². The van der Waals surface area contributed by atoms with Crippen molar-refractivity contribution in [3.05, 3.63) is 35.1 Å². The zero-order chi connectivity index (χ0) is 16.3. The van der Waals surface area contributed by atoms with Crippen molar-refractivity contribution in [2.24, 2.45) is 5.92 Å². The van der Waals surface area contributed by atoms with E-state index in [0.717, 1.165) is 12.5 Å². The number of rotatable bonds is 4. The van der Waals surface area contributed by atoms with E-state index in [9.17, 15) is 14.0 Å². The Morgan fingerprint density at radius 3 is 2.77 bits per heavy atom. The number of amides is 1. The lowest BCUT2D eigenvalue weighted by Gasteiger charge is -2.36. The first-order valence-corrected chi connectivity index (χ1v) is 7.24. The van der Waals surface area contributed by atoms with Gasteiger partial charge in [-0.1, -0.05) is 13.0 Å². The summed E-state index contributed by atoms with van der Waals surface area (Å²) in [5.74, 6) is -1.83. The summed E-state index contributed by atoms with van der Waals surface area (Å²) in [5, 5.41) is 8.79. The summed E-state index contributed by atoms with van der Waals surface area (Å²) in [6, 6.07) is 3.78. The Hall–Kier alpha value is -1.95.